The summed E-state index contributed by atoms with van der Waals surface area (Å²) >= 11 is 5.68. The molecule has 2 heterocycles. The van der Waals surface area contributed by atoms with Crippen molar-refractivity contribution in [1.82, 2.24) is 9.61 Å². The highest BCUT2D eigenvalue weighted by Gasteiger charge is 2.02. The van der Waals surface area contributed by atoms with E-state index in [1.54, 1.807) is 16.8 Å². The molecular weight excluding hydrogens is 164 g/mol. The van der Waals surface area contributed by atoms with E-state index in [2.05, 4.69) is 5.10 Å². The van der Waals surface area contributed by atoms with Crippen LogP contribution < -0.4 is 5.56 Å². The number of hydrogen-bond acceptors (Lipinski definition) is 1. The van der Waals surface area contributed by atoms with Gasteiger partial charge in [0.05, 0.1) is 5.52 Å². The highest BCUT2D eigenvalue weighted by molar-refractivity contribution is 6.33. The summed E-state index contributed by atoms with van der Waals surface area (Å²) in [6.45, 7) is 0. The molecule has 0 saturated heterocycles. The van der Waals surface area contributed by atoms with E-state index >= 15 is 0 Å². The van der Waals surface area contributed by atoms with Crippen LogP contribution in [-0.2, 0) is 0 Å². The van der Waals surface area contributed by atoms with Gasteiger partial charge in [-0.1, -0.05) is 17.7 Å². The van der Waals surface area contributed by atoms with Gasteiger partial charge >= 0.3 is 0 Å². The Hall–Kier alpha value is -1.22. The van der Waals surface area contributed by atoms with Gasteiger partial charge in [-0.15, -0.1) is 0 Å². The van der Waals surface area contributed by atoms with Crippen LogP contribution in [0.4, 0.5) is 0 Å². The number of hydrogen-bond donors (Lipinski definition) is 1. The maximum atomic E-state index is 10.9. The van der Waals surface area contributed by atoms with Gasteiger partial charge in [-0.25, -0.2) is 0 Å². The van der Waals surface area contributed by atoms with E-state index in [1.165, 1.54) is 0 Å². The first-order chi connectivity index (χ1) is 5.29. The molecule has 0 radical (unpaired) electrons. The lowest BCUT2D eigenvalue weighted by atomic mass is 10.4. The predicted octanol–water partition coefficient (Wildman–Crippen LogP) is 1.28. The minimum absolute atomic E-state index is 0.241. The molecule has 0 unspecified atom stereocenters. The van der Waals surface area contributed by atoms with E-state index < -0.39 is 0 Å². The number of halogens is 1. The molecule has 0 saturated carbocycles. The topological polar surface area (TPSA) is 37.3 Å². The summed E-state index contributed by atoms with van der Waals surface area (Å²) < 4.78 is 1.59. The molecule has 0 spiro atoms. The van der Waals surface area contributed by atoms with Crippen molar-refractivity contribution >= 4 is 17.1 Å². The number of aromatic nitrogens is 2. The van der Waals surface area contributed by atoms with Gasteiger partial charge in [0.25, 0.3) is 5.56 Å². The molecule has 0 aliphatic carbocycles. The molecule has 4 heteroatoms. The quantitative estimate of drug-likeness (QED) is 0.632. The lowest BCUT2D eigenvalue weighted by molar-refractivity contribution is 0.938. The normalized spacial score (nSPS) is 10.6. The number of nitrogens with one attached hydrogen (secondary N) is 1. The predicted molar refractivity (Wildman–Crippen MR) is 43.0 cm³/mol. The molecule has 3 nitrogen and oxygen atoms in total. The van der Waals surface area contributed by atoms with Crippen LogP contribution >= 0.6 is 11.6 Å². The van der Waals surface area contributed by atoms with Gasteiger partial charge in [-0.3, -0.25) is 14.4 Å². The molecule has 0 aromatic carbocycles. The molecule has 2 rings (SSSR count). The van der Waals surface area contributed by atoms with Gasteiger partial charge in [-0.2, -0.15) is 0 Å². The summed E-state index contributed by atoms with van der Waals surface area (Å²) in [5, 5.41) is 2.80. The third-order valence-electron chi connectivity index (χ3n) is 1.51. The molecule has 11 heavy (non-hydrogen) atoms. The first kappa shape index (κ1) is 6.49. The van der Waals surface area contributed by atoms with Gasteiger partial charge in [0, 0.05) is 6.20 Å². The largest absolute Gasteiger partial charge is 0.283 e. The Morgan fingerprint density at radius 3 is 3.00 bits per heavy atom. The van der Waals surface area contributed by atoms with E-state index in [0.29, 0.717) is 5.52 Å². The van der Waals surface area contributed by atoms with Crippen LogP contribution in [0.25, 0.3) is 5.52 Å². The summed E-state index contributed by atoms with van der Waals surface area (Å²) in [6, 6.07) is 5.42. The molecule has 1 N–H and O–H groups in total. The molecule has 0 bridgehead atoms. The maximum Gasteiger partial charge on any atom is 0.283 e. The van der Waals surface area contributed by atoms with E-state index in [9.17, 15) is 4.79 Å². The molecule has 2 aromatic heterocycles. The lowest BCUT2D eigenvalue weighted by Gasteiger charge is -1.89. The summed E-state index contributed by atoms with van der Waals surface area (Å²) in [5.74, 6) is 0. The fourth-order valence-electron chi connectivity index (χ4n) is 0.994. The van der Waals surface area contributed by atoms with Crippen LogP contribution in [0.15, 0.2) is 29.2 Å². The number of rotatable bonds is 0. The Kier molecular flexibility index (Phi) is 1.26. The van der Waals surface area contributed by atoms with Crippen molar-refractivity contribution < 1.29 is 0 Å². The zero-order valence-corrected chi connectivity index (χ0v) is 6.30. The SMILES string of the molecule is O=c1[nH]n2ccccc2c1Cl. The number of H-pyrrole nitrogens is 1. The monoisotopic (exact) mass is 168 g/mol. The minimum atomic E-state index is -0.252. The van der Waals surface area contributed by atoms with Crippen LogP contribution in [0, 0.1) is 0 Å². The van der Waals surface area contributed by atoms with E-state index in [0.717, 1.165) is 0 Å². The Labute approximate surface area is 67.2 Å². The van der Waals surface area contributed by atoms with Crippen LogP contribution in [-0.4, -0.2) is 9.61 Å². The van der Waals surface area contributed by atoms with E-state index in [-0.39, 0.29) is 10.6 Å². The molecule has 56 valence electrons. The Balaban J connectivity index is 3.04. The molecule has 0 aliphatic heterocycles. The summed E-state index contributed by atoms with van der Waals surface area (Å²) in [5.41, 5.74) is 0.456. The van der Waals surface area contributed by atoms with Crippen molar-refractivity contribution in [2.75, 3.05) is 0 Å². The summed E-state index contributed by atoms with van der Waals surface area (Å²) in [7, 11) is 0. The van der Waals surface area contributed by atoms with Crippen LogP contribution in [0.1, 0.15) is 0 Å². The third kappa shape index (κ3) is 0.851. The Morgan fingerprint density at radius 2 is 2.27 bits per heavy atom. The van der Waals surface area contributed by atoms with Crippen LogP contribution in [0.5, 0.6) is 0 Å². The van der Waals surface area contributed by atoms with Crippen LogP contribution in [0.2, 0.25) is 5.02 Å². The second kappa shape index (κ2) is 2.13. The zero-order chi connectivity index (χ0) is 7.84. The Morgan fingerprint density at radius 1 is 1.45 bits per heavy atom. The molecule has 0 amide bonds. The van der Waals surface area contributed by atoms with E-state index in [1.807, 2.05) is 12.1 Å². The van der Waals surface area contributed by atoms with Crippen molar-refractivity contribution in [2.45, 2.75) is 0 Å². The maximum absolute atomic E-state index is 10.9. The fourth-order valence-corrected chi connectivity index (χ4v) is 1.19. The van der Waals surface area contributed by atoms with Crippen molar-refractivity contribution in [1.29, 1.82) is 0 Å². The van der Waals surface area contributed by atoms with Gasteiger partial charge in [0.15, 0.2) is 0 Å². The summed E-state index contributed by atoms with van der Waals surface area (Å²) in [6.07, 6.45) is 1.74. The third-order valence-corrected chi connectivity index (χ3v) is 1.87. The van der Waals surface area contributed by atoms with E-state index in [4.69, 9.17) is 11.6 Å². The minimum Gasteiger partial charge on any atom is -0.266 e. The van der Waals surface area contributed by atoms with Crippen molar-refractivity contribution in [3.05, 3.63) is 39.8 Å². The molecule has 0 fully saturated rings. The second-order valence-corrected chi connectivity index (χ2v) is 2.59. The fraction of sp³-hybridized carbons (Fsp3) is 0. The number of aromatic amines is 1. The Bertz CT molecular complexity index is 443. The van der Waals surface area contributed by atoms with Crippen molar-refractivity contribution in [3.8, 4) is 0 Å². The van der Waals surface area contributed by atoms with Crippen molar-refractivity contribution in [3.63, 3.8) is 0 Å². The molecule has 2 aromatic rings. The van der Waals surface area contributed by atoms with Gasteiger partial charge in [0.1, 0.15) is 5.02 Å². The van der Waals surface area contributed by atoms with Gasteiger partial charge in [0.2, 0.25) is 0 Å². The smallest absolute Gasteiger partial charge is 0.266 e. The number of nitrogens with zero attached hydrogens (tertiary/aromatic N) is 1. The molecule has 0 aliphatic rings. The number of pyridine rings is 1. The molecule has 0 atom stereocenters. The number of fused-ring (bicyclic) bond motifs is 1. The van der Waals surface area contributed by atoms with Crippen molar-refractivity contribution in [2.24, 2.45) is 0 Å². The lowest BCUT2D eigenvalue weighted by Crippen LogP contribution is -1.99. The molecular formula is C7H5ClN2O. The average Bonchev–Trinajstić information content (AvgIpc) is 2.30. The summed E-state index contributed by atoms with van der Waals surface area (Å²) in [4.78, 5) is 10.9. The van der Waals surface area contributed by atoms with Gasteiger partial charge in [-0.05, 0) is 12.1 Å². The highest BCUT2D eigenvalue weighted by Crippen LogP contribution is 2.09. The zero-order valence-electron chi connectivity index (χ0n) is 5.54. The average molecular weight is 169 g/mol. The van der Waals surface area contributed by atoms with Crippen LogP contribution in [0.3, 0.4) is 0 Å². The van der Waals surface area contributed by atoms with Gasteiger partial charge < -0.3 is 0 Å². The standard InChI is InChI=1S/C7H5ClN2O/c8-6-5-3-1-2-4-10(5)9-7(6)11/h1-4H,(H,9,11). The first-order valence-electron chi connectivity index (χ1n) is 3.14. The highest BCUT2D eigenvalue weighted by atomic mass is 35.5. The first-order valence-corrected chi connectivity index (χ1v) is 3.52. The second-order valence-electron chi connectivity index (χ2n) is 2.21.